The van der Waals surface area contributed by atoms with Crippen LogP contribution in [0, 0.1) is 18.6 Å². The average Bonchev–Trinajstić information content (AvgIpc) is 2.50. The quantitative estimate of drug-likeness (QED) is 0.906. The van der Waals surface area contributed by atoms with Crippen molar-refractivity contribution in [1.82, 2.24) is 0 Å². The fraction of sp³-hybridized carbons (Fsp3) is 0.294. The zero-order valence-corrected chi connectivity index (χ0v) is 12.2. The van der Waals surface area contributed by atoms with Crippen molar-refractivity contribution in [2.24, 2.45) is 5.73 Å². The SMILES string of the molecule is COc1ccc(CCC(N)c2c(F)ccc(C)c2F)cc1. The van der Waals surface area contributed by atoms with Crippen LogP contribution in [0.25, 0.3) is 0 Å². The summed E-state index contributed by atoms with van der Waals surface area (Å²) in [5, 5.41) is 0. The summed E-state index contributed by atoms with van der Waals surface area (Å²) < 4.78 is 32.9. The molecule has 0 aliphatic carbocycles. The summed E-state index contributed by atoms with van der Waals surface area (Å²) in [6.07, 6.45) is 1.13. The zero-order valence-electron chi connectivity index (χ0n) is 12.2. The molecule has 0 spiro atoms. The van der Waals surface area contributed by atoms with Crippen molar-refractivity contribution in [3.63, 3.8) is 0 Å². The Hall–Kier alpha value is -1.94. The summed E-state index contributed by atoms with van der Waals surface area (Å²) >= 11 is 0. The number of hydrogen-bond donors (Lipinski definition) is 1. The third kappa shape index (κ3) is 3.58. The van der Waals surface area contributed by atoms with Crippen LogP contribution >= 0.6 is 0 Å². The first kappa shape index (κ1) is 15.4. The van der Waals surface area contributed by atoms with Gasteiger partial charge in [0.15, 0.2) is 0 Å². The Balaban J connectivity index is 2.08. The molecule has 0 fully saturated rings. The normalized spacial score (nSPS) is 12.2. The Morgan fingerprint density at radius 3 is 2.38 bits per heavy atom. The van der Waals surface area contributed by atoms with Crippen LogP contribution in [0.15, 0.2) is 36.4 Å². The molecule has 0 saturated heterocycles. The second-order valence-electron chi connectivity index (χ2n) is 5.09. The van der Waals surface area contributed by atoms with Gasteiger partial charge in [-0.25, -0.2) is 8.78 Å². The molecule has 0 aliphatic rings. The lowest BCUT2D eigenvalue weighted by atomic mass is 9.97. The van der Waals surface area contributed by atoms with Gasteiger partial charge in [-0.3, -0.25) is 0 Å². The van der Waals surface area contributed by atoms with Gasteiger partial charge in [-0.1, -0.05) is 18.2 Å². The first-order valence-electron chi connectivity index (χ1n) is 6.86. The maximum Gasteiger partial charge on any atom is 0.133 e. The Morgan fingerprint density at radius 1 is 1.10 bits per heavy atom. The lowest BCUT2D eigenvalue weighted by Crippen LogP contribution is -2.16. The molecule has 2 rings (SSSR count). The third-order valence-electron chi connectivity index (χ3n) is 3.59. The van der Waals surface area contributed by atoms with E-state index in [1.807, 2.05) is 24.3 Å². The number of halogens is 2. The number of methoxy groups -OCH3 is 1. The van der Waals surface area contributed by atoms with Crippen LogP contribution < -0.4 is 10.5 Å². The van der Waals surface area contributed by atoms with Crippen molar-refractivity contribution in [3.8, 4) is 5.75 Å². The van der Waals surface area contributed by atoms with Gasteiger partial charge in [0, 0.05) is 11.6 Å². The molecule has 1 atom stereocenters. The highest BCUT2D eigenvalue weighted by Crippen LogP contribution is 2.25. The van der Waals surface area contributed by atoms with E-state index in [-0.39, 0.29) is 5.56 Å². The molecule has 0 heterocycles. The van der Waals surface area contributed by atoms with Crippen molar-refractivity contribution in [3.05, 3.63) is 64.7 Å². The summed E-state index contributed by atoms with van der Waals surface area (Å²) in [4.78, 5) is 0. The molecule has 2 aromatic rings. The van der Waals surface area contributed by atoms with Gasteiger partial charge in [-0.05, 0) is 49.1 Å². The predicted octanol–water partition coefficient (Wildman–Crippen LogP) is 3.91. The summed E-state index contributed by atoms with van der Waals surface area (Å²) in [5.41, 5.74) is 7.40. The summed E-state index contributed by atoms with van der Waals surface area (Å²) in [6.45, 7) is 1.61. The number of nitrogens with two attached hydrogens (primary N) is 1. The lowest BCUT2D eigenvalue weighted by molar-refractivity contribution is 0.414. The van der Waals surface area contributed by atoms with Gasteiger partial charge in [-0.2, -0.15) is 0 Å². The summed E-state index contributed by atoms with van der Waals surface area (Å²) in [5.74, 6) is -0.351. The van der Waals surface area contributed by atoms with E-state index in [1.165, 1.54) is 12.1 Å². The molecule has 2 nitrogen and oxygen atoms in total. The van der Waals surface area contributed by atoms with Crippen LogP contribution in [0.1, 0.15) is 29.2 Å². The summed E-state index contributed by atoms with van der Waals surface area (Å²) in [7, 11) is 1.61. The van der Waals surface area contributed by atoms with E-state index in [9.17, 15) is 8.78 Å². The lowest BCUT2D eigenvalue weighted by Gasteiger charge is -2.15. The Kier molecular flexibility index (Phi) is 4.91. The van der Waals surface area contributed by atoms with Gasteiger partial charge in [0.25, 0.3) is 0 Å². The van der Waals surface area contributed by atoms with Crippen LogP contribution in [0.3, 0.4) is 0 Å². The Bertz CT molecular complexity index is 611. The molecule has 0 radical (unpaired) electrons. The third-order valence-corrected chi connectivity index (χ3v) is 3.59. The van der Waals surface area contributed by atoms with E-state index < -0.39 is 17.7 Å². The fourth-order valence-electron chi connectivity index (χ4n) is 2.28. The van der Waals surface area contributed by atoms with Crippen molar-refractivity contribution in [2.45, 2.75) is 25.8 Å². The second-order valence-corrected chi connectivity index (χ2v) is 5.09. The van der Waals surface area contributed by atoms with Gasteiger partial charge in [0.05, 0.1) is 7.11 Å². The topological polar surface area (TPSA) is 35.2 Å². The molecule has 2 aromatic carbocycles. The van der Waals surface area contributed by atoms with Crippen LogP contribution in [0.2, 0.25) is 0 Å². The standard InChI is InChI=1S/C17H19F2NO/c1-11-3-9-14(18)16(17(11)19)15(20)10-6-12-4-7-13(21-2)8-5-12/h3-5,7-9,15H,6,10,20H2,1-2H3. The molecule has 112 valence electrons. The van der Waals surface area contributed by atoms with E-state index in [0.717, 1.165) is 11.3 Å². The van der Waals surface area contributed by atoms with Crippen LogP contribution in [0.5, 0.6) is 5.75 Å². The molecule has 0 aromatic heterocycles. The van der Waals surface area contributed by atoms with Crippen molar-refractivity contribution in [2.75, 3.05) is 7.11 Å². The molecule has 2 N–H and O–H groups in total. The Morgan fingerprint density at radius 2 is 1.76 bits per heavy atom. The minimum absolute atomic E-state index is 0.0245. The fourth-order valence-corrected chi connectivity index (χ4v) is 2.28. The number of aryl methyl sites for hydroxylation is 2. The largest absolute Gasteiger partial charge is 0.497 e. The highest BCUT2D eigenvalue weighted by atomic mass is 19.1. The first-order chi connectivity index (χ1) is 10.0. The minimum atomic E-state index is -0.660. The highest BCUT2D eigenvalue weighted by Gasteiger charge is 2.18. The maximum absolute atomic E-state index is 14.0. The first-order valence-corrected chi connectivity index (χ1v) is 6.86. The van der Waals surface area contributed by atoms with Crippen molar-refractivity contribution >= 4 is 0 Å². The number of ether oxygens (including phenoxy) is 1. The van der Waals surface area contributed by atoms with E-state index in [0.29, 0.717) is 18.4 Å². The van der Waals surface area contributed by atoms with E-state index >= 15 is 0 Å². The van der Waals surface area contributed by atoms with E-state index in [1.54, 1.807) is 14.0 Å². The van der Waals surface area contributed by atoms with Crippen molar-refractivity contribution < 1.29 is 13.5 Å². The van der Waals surface area contributed by atoms with Crippen LogP contribution in [-0.2, 0) is 6.42 Å². The van der Waals surface area contributed by atoms with Crippen molar-refractivity contribution in [1.29, 1.82) is 0 Å². The molecular weight excluding hydrogens is 272 g/mol. The van der Waals surface area contributed by atoms with Crippen LogP contribution in [0.4, 0.5) is 8.78 Å². The molecule has 21 heavy (non-hydrogen) atoms. The Labute approximate surface area is 123 Å². The predicted molar refractivity (Wildman–Crippen MR) is 79.3 cm³/mol. The van der Waals surface area contributed by atoms with E-state index in [2.05, 4.69) is 0 Å². The van der Waals surface area contributed by atoms with Crippen LogP contribution in [-0.4, -0.2) is 7.11 Å². The van der Waals surface area contributed by atoms with Gasteiger partial charge in [0.2, 0.25) is 0 Å². The molecule has 0 amide bonds. The van der Waals surface area contributed by atoms with Gasteiger partial charge in [-0.15, -0.1) is 0 Å². The molecule has 0 bridgehead atoms. The van der Waals surface area contributed by atoms with E-state index in [4.69, 9.17) is 10.5 Å². The maximum atomic E-state index is 14.0. The monoisotopic (exact) mass is 291 g/mol. The molecule has 4 heteroatoms. The van der Waals surface area contributed by atoms with Gasteiger partial charge >= 0.3 is 0 Å². The molecule has 0 saturated carbocycles. The smallest absolute Gasteiger partial charge is 0.133 e. The summed E-state index contributed by atoms with van der Waals surface area (Å²) in [6, 6.07) is 9.59. The van der Waals surface area contributed by atoms with Gasteiger partial charge < -0.3 is 10.5 Å². The molecular formula is C17H19F2NO. The number of hydrogen-bond acceptors (Lipinski definition) is 2. The average molecular weight is 291 g/mol. The number of rotatable bonds is 5. The van der Waals surface area contributed by atoms with Gasteiger partial charge in [0.1, 0.15) is 17.4 Å². The zero-order chi connectivity index (χ0) is 15.4. The minimum Gasteiger partial charge on any atom is -0.497 e. The number of benzene rings is 2. The highest BCUT2D eigenvalue weighted by molar-refractivity contribution is 5.30. The molecule has 1 unspecified atom stereocenters. The second kappa shape index (κ2) is 6.68. The molecule has 0 aliphatic heterocycles.